The van der Waals surface area contributed by atoms with Gasteiger partial charge >= 0.3 is 6.18 Å². The van der Waals surface area contributed by atoms with Crippen LogP contribution in [0.15, 0.2) is 47.3 Å². The molecule has 10 heteroatoms. The highest BCUT2D eigenvalue weighted by Crippen LogP contribution is 2.33. The number of alkyl halides is 3. The zero-order valence-electron chi connectivity index (χ0n) is 15.2. The Bertz CT molecular complexity index is 956. The molecule has 2 heterocycles. The third kappa shape index (κ3) is 4.80. The maximum absolute atomic E-state index is 13.2. The van der Waals surface area contributed by atoms with E-state index in [1.807, 2.05) is 41.8 Å². The highest BCUT2D eigenvalue weighted by atomic mass is 79.9. The summed E-state index contributed by atoms with van der Waals surface area (Å²) in [6, 6.07) is 8.45. The summed E-state index contributed by atoms with van der Waals surface area (Å²) in [7, 11) is 3.77. The third-order valence-corrected chi connectivity index (χ3v) is 4.61. The number of hydrogen-bond acceptors (Lipinski definition) is 5. The van der Waals surface area contributed by atoms with E-state index in [1.165, 1.54) is 6.20 Å². The van der Waals surface area contributed by atoms with E-state index in [0.29, 0.717) is 12.2 Å². The SMILES string of the molecule is CN(Cc1nncn1C)c1cccc(NCc2ncc(Br)cc2C(F)(F)F)c1. The minimum atomic E-state index is -4.47. The van der Waals surface area contributed by atoms with Crippen LogP contribution in [0.1, 0.15) is 17.1 Å². The van der Waals surface area contributed by atoms with Crippen LogP contribution >= 0.6 is 15.9 Å². The minimum Gasteiger partial charge on any atom is -0.379 e. The van der Waals surface area contributed by atoms with E-state index in [0.717, 1.165) is 17.6 Å². The summed E-state index contributed by atoms with van der Waals surface area (Å²) in [5.41, 5.74) is 0.770. The molecule has 0 unspecified atom stereocenters. The molecule has 1 N–H and O–H groups in total. The van der Waals surface area contributed by atoms with Crippen LogP contribution in [0, 0.1) is 0 Å². The van der Waals surface area contributed by atoms with E-state index in [1.54, 1.807) is 12.4 Å². The van der Waals surface area contributed by atoms with Crippen LogP contribution < -0.4 is 10.2 Å². The van der Waals surface area contributed by atoms with Gasteiger partial charge in [-0.25, -0.2) is 0 Å². The number of anilines is 2. The van der Waals surface area contributed by atoms with Crippen molar-refractivity contribution in [3.05, 3.63) is 64.4 Å². The van der Waals surface area contributed by atoms with Crippen LogP contribution in [0.25, 0.3) is 0 Å². The number of aryl methyl sites for hydroxylation is 1. The smallest absolute Gasteiger partial charge is 0.379 e. The molecule has 6 nitrogen and oxygen atoms in total. The van der Waals surface area contributed by atoms with Gasteiger partial charge in [0, 0.05) is 36.1 Å². The molecule has 0 bridgehead atoms. The van der Waals surface area contributed by atoms with Gasteiger partial charge in [-0.05, 0) is 40.2 Å². The number of aromatic nitrogens is 4. The quantitative estimate of drug-likeness (QED) is 0.603. The molecular weight excluding hydrogens is 437 g/mol. The molecule has 0 aliphatic rings. The summed E-state index contributed by atoms with van der Waals surface area (Å²) in [4.78, 5) is 5.90. The molecule has 0 amide bonds. The highest BCUT2D eigenvalue weighted by Gasteiger charge is 2.34. The fourth-order valence-electron chi connectivity index (χ4n) is 2.65. The monoisotopic (exact) mass is 454 g/mol. The van der Waals surface area contributed by atoms with Crippen LogP contribution in [-0.2, 0) is 26.3 Å². The van der Waals surface area contributed by atoms with E-state index in [-0.39, 0.29) is 16.7 Å². The Balaban J connectivity index is 1.73. The maximum Gasteiger partial charge on any atom is 0.418 e. The van der Waals surface area contributed by atoms with E-state index in [2.05, 4.69) is 36.4 Å². The van der Waals surface area contributed by atoms with Crippen molar-refractivity contribution in [2.75, 3.05) is 17.3 Å². The van der Waals surface area contributed by atoms with Gasteiger partial charge in [0.25, 0.3) is 0 Å². The van der Waals surface area contributed by atoms with Gasteiger partial charge in [0.15, 0.2) is 5.82 Å². The Labute approximate surface area is 168 Å². The number of benzene rings is 1. The van der Waals surface area contributed by atoms with Crippen LogP contribution in [0.4, 0.5) is 24.5 Å². The largest absolute Gasteiger partial charge is 0.418 e. The van der Waals surface area contributed by atoms with Crippen molar-refractivity contribution >= 4 is 27.3 Å². The summed E-state index contributed by atoms with van der Waals surface area (Å²) in [6.45, 7) is 0.505. The van der Waals surface area contributed by atoms with Crippen LogP contribution in [0.2, 0.25) is 0 Å². The number of halogens is 4. The molecule has 0 fully saturated rings. The van der Waals surface area contributed by atoms with Crippen molar-refractivity contribution < 1.29 is 13.2 Å². The number of hydrogen-bond donors (Lipinski definition) is 1. The van der Waals surface area contributed by atoms with Gasteiger partial charge in [0.2, 0.25) is 0 Å². The molecule has 0 atom stereocenters. The summed E-state index contributed by atoms with van der Waals surface area (Å²) >= 11 is 3.04. The number of nitrogens with one attached hydrogen (secondary N) is 1. The van der Waals surface area contributed by atoms with Crippen LogP contribution in [0.5, 0.6) is 0 Å². The lowest BCUT2D eigenvalue weighted by Gasteiger charge is -2.20. The summed E-state index contributed by atoms with van der Waals surface area (Å²) in [6.07, 6.45) is -1.48. The lowest BCUT2D eigenvalue weighted by molar-refractivity contribution is -0.138. The topological polar surface area (TPSA) is 58.9 Å². The van der Waals surface area contributed by atoms with E-state index >= 15 is 0 Å². The van der Waals surface area contributed by atoms with Crippen molar-refractivity contribution in [1.82, 2.24) is 19.7 Å². The first-order valence-electron chi connectivity index (χ1n) is 8.33. The van der Waals surface area contributed by atoms with Crippen LogP contribution in [-0.4, -0.2) is 26.8 Å². The van der Waals surface area contributed by atoms with Crippen molar-refractivity contribution in [1.29, 1.82) is 0 Å². The average molecular weight is 455 g/mol. The molecule has 0 aliphatic heterocycles. The Morgan fingerprint density at radius 1 is 1.25 bits per heavy atom. The van der Waals surface area contributed by atoms with Gasteiger partial charge in [-0.1, -0.05) is 6.07 Å². The Morgan fingerprint density at radius 2 is 2.04 bits per heavy atom. The zero-order chi connectivity index (χ0) is 20.3. The van der Waals surface area contributed by atoms with E-state index in [4.69, 9.17) is 0 Å². The number of nitrogens with zero attached hydrogens (tertiary/aromatic N) is 5. The van der Waals surface area contributed by atoms with Crippen molar-refractivity contribution in [2.24, 2.45) is 7.05 Å². The second kappa shape index (κ2) is 8.17. The second-order valence-corrected chi connectivity index (χ2v) is 7.18. The molecule has 0 radical (unpaired) electrons. The number of pyridine rings is 1. The molecule has 0 saturated heterocycles. The molecule has 1 aromatic carbocycles. The van der Waals surface area contributed by atoms with Gasteiger partial charge in [0.05, 0.1) is 24.3 Å². The third-order valence-electron chi connectivity index (χ3n) is 4.17. The van der Waals surface area contributed by atoms with Gasteiger partial charge in [-0.15, -0.1) is 10.2 Å². The van der Waals surface area contributed by atoms with Gasteiger partial charge in [-0.3, -0.25) is 4.98 Å². The Hall–Kier alpha value is -2.62. The molecule has 28 heavy (non-hydrogen) atoms. The van der Waals surface area contributed by atoms with Crippen molar-refractivity contribution in [2.45, 2.75) is 19.3 Å². The van der Waals surface area contributed by atoms with E-state index < -0.39 is 11.7 Å². The molecule has 148 valence electrons. The summed E-state index contributed by atoms with van der Waals surface area (Å²) in [5, 5.41) is 10.9. The predicted molar refractivity (Wildman–Crippen MR) is 104 cm³/mol. The first-order valence-corrected chi connectivity index (χ1v) is 9.13. The van der Waals surface area contributed by atoms with Gasteiger partial charge in [0.1, 0.15) is 6.33 Å². The van der Waals surface area contributed by atoms with Gasteiger partial charge < -0.3 is 14.8 Å². The molecule has 3 rings (SSSR count). The van der Waals surface area contributed by atoms with Gasteiger partial charge in [-0.2, -0.15) is 13.2 Å². The van der Waals surface area contributed by atoms with Crippen molar-refractivity contribution in [3.8, 4) is 0 Å². The predicted octanol–water partition coefficient (Wildman–Crippen LogP) is 4.24. The van der Waals surface area contributed by atoms with E-state index in [9.17, 15) is 13.2 Å². The molecule has 0 saturated carbocycles. The Kier molecular flexibility index (Phi) is 5.87. The lowest BCUT2D eigenvalue weighted by Crippen LogP contribution is -2.19. The first-order chi connectivity index (χ1) is 13.2. The van der Waals surface area contributed by atoms with Crippen LogP contribution in [0.3, 0.4) is 0 Å². The standard InChI is InChI=1S/C18H18BrF3N6/c1-27(10-17-26-25-11-28(17)2)14-5-3-4-13(7-14)23-9-16-15(18(20,21)22)6-12(19)8-24-16/h3-8,11,23H,9-10H2,1-2H3. The first kappa shape index (κ1) is 20.1. The zero-order valence-corrected chi connectivity index (χ0v) is 16.8. The average Bonchev–Trinajstić information content (AvgIpc) is 3.05. The molecule has 3 aromatic rings. The molecular formula is C18H18BrF3N6. The molecule has 2 aromatic heterocycles. The lowest BCUT2D eigenvalue weighted by atomic mass is 10.1. The fraction of sp³-hybridized carbons (Fsp3) is 0.278. The fourth-order valence-corrected chi connectivity index (χ4v) is 2.98. The Morgan fingerprint density at radius 3 is 2.71 bits per heavy atom. The molecule has 0 aliphatic carbocycles. The summed E-state index contributed by atoms with van der Waals surface area (Å²) < 4.78 is 41.8. The normalized spacial score (nSPS) is 11.5. The summed E-state index contributed by atoms with van der Waals surface area (Å²) in [5.74, 6) is 0.801. The minimum absolute atomic E-state index is 0.0431. The second-order valence-electron chi connectivity index (χ2n) is 6.26. The highest BCUT2D eigenvalue weighted by molar-refractivity contribution is 9.10. The van der Waals surface area contributed by atoms with Crippen molar-refractivity contribution in [3.63, 3.8) is 0 Å². The number of rotatable bonds is 6. The maximum atomic E-state index is 13.2. The molecule has 0 spiro atoms.